The summed E-state index contributed by atoms with van der Waals surface area (Å²) < 4.78 is 1.09. The van der Waals surface area contributed by atoms with Crippen molar-refractivity contribution in [2.45, 2.75) is 27.1 Å². The third-order valence-electron chi connectivity index (χ3n) is 2.98. The molecule has 0 aromatic heterocycles. The van der Waals surface area contributed by atoms with E-state index in [1.807, 2.05) is 14.1 Å². The highest BCUT2D eigenvalue weighted by Crippen LogP contribution is 2.08. The summed E-state index contributed by atoms with van der Waals surface area (Å²) in [5.74, 6) is 0. The van der Waals surface area contributed by atoms with Crippen LogP contribution in [0.3, 0.4) is 0 Å². The van der Waals surface area contributed by atoms with Gasteiger partial charge in [0.05, 0.1) is 19.6 Å². The lowest BCUT2D eigenvalue weighted by atomic mass is 10.3. The molecule has 0 heterocycles. The minimum absolute atomic E-state index is 0.380. The minimum atomic E-state index is 0.380. The van der Waals surface area contributed by atoms with Crippen LogP contribution in [0.15, 0.2) is 0 Å². The SMILES string of the molecule is CC[N+](CC)(CC)C(NC)NC. The van der Waals surface area contributed by atoms with Crippen LogP contribution in [-0.4, -0.2) is 44.5 Å². The lowest BCUT2D eigenvalue weighted by Gasteiger charge is -2.42. The normalized spacial score (nSPS) is 12.5. The smallest absolute Gasteiger partial charge is 0.199 e. The fourth-order valence-electron chi connectivity index (χ4n) is 1.91. The van der Waals surface area contributed by atoms with Crippen LogP contribution in [0.4, 0.5) is 0 Å². The Morgan fingerprint density at radius 1 is 0.917 bits per heavy atom. The summed E-state index contributed by atoms with van der Waals surface area (Å²) in [7, 11) is 4.02. The Hall–Kier alpha value is -0.120. The third kappa shape index (κ3) is 2.19. The van der Waals surface area contributed by atoms with Crippen LogP contribution in [0.1, 0.15) is 20.8 Å². The van der Waals surface area contributed by atoms with Crippen molar-refractivity contribution < 1.29 is 4.48 Å². The van der Waals surface area contributed by atoms with Gasteiger partial charge in [0.2, 0.25) is 0 Å². The van der Waals surface area contributed by atoms with Crippen molar-refractivity contribution >= 4 is 0 Å². The van der Waals surface area contributed by atoms with Gasteiger partial charge in [0.15, 0.2) is 6.29 Å². The van der Waals surface area contributed by atoms with Gasteiger partial charge in [-0.3, -0.25) is 15.1 Å². The number of hydrogen-bond donors (Lipinski definition) is 2. The van der Waals surface area contributed by atoms with E-state index in [1.54, 1.807) is 0 Å². The second kappa shape index (κ2) is 5.51. The minimum Gasteiger partial charge on any atom is -0.296 e. The van der Waals surface area contributed by atoms with E-state index in [2.05, 4.69) is 31.4 Å². The van der Waals surface area contributed by atoms with E-state index in [0.717, 1.165) is 4.48 Å². The quantitative estimate of drug-likeness (QED) is 0.455. The molecule has 0 bridgehead atoms. The standard InChI is InChI=1S/C9H24N3/c1-6-12(7-2,8-3)9(10-4)11-5/h9-11H,6-8H2,1-5H3/q+1. The molecular formula is C9H24N3+. The lowest BCUT2D eigenvalue weighted by molar-refractivity contribution is -0.952. The fourth-order valence-corrected chi connectivity index (χ4v) is 1.91. The molecule has 0 saturated carbocycles. The Labute approximate surface area is 76.7 Å². The van der Waals surface area contributed by atoms with Crippen LogP contribution in [0.2, 0.25) is 0 Å². The predicted molar refractivity (Wildman–Crippen MR) is 53.8 cm³/mol. The van der Waals surface area contributed by atoms with E-state index in [4.69, 9.17) is 0 Å². The molecular weight excluding hydrogens is 150 g/mol. The maximum Gasteiger partial charge on any atom is 0.199 e. The van der Waals surface area contributed by atoms with Crippen LogP contribution < -0.4 is 10.6 Å². The fraction of sp³-hybridized carbons (Fsp3) is 1.00. The van der Waals surface area contributed by atoms with E-state index in [9.17, 15) is 0 Å². The number of rotatable bonds is 6. The monoisotopic (exact) mass is 174 g/mol. The highest BCUT2D eigenvalue weighted by molar-refractivity contribution is 4.48. The molecule has 0 radical (unpaired) electrons. The maximum absolute atomic E-state index is 3.31. The first kappa shape index (κ1) is 11.9. The highest BCUT2D eigenvalue weighted by Gasteiger charge is 2.29. The molecule has 0 atom stereocenters. The van der Waals surface area contributed by atoms with Crippen molar-refractivity contribution in [2.75, 3.05) is 33.7 Å². The van der Waals surface area contributed by atoms with Crippen LogP contribution in [0.25, 0.3) is 0 Å². The van der Waals surface area contributed by atoms with Gasteiger partial charge in [-0.15, -0.1) is 0 Å². The zero-order chi connectivity index (χ0) is 9.61. The lowest BCUT2D eigenvalue weighted by Crippen LogP contribution is -2.65. The van der Waals surface area contributed by atoms with Gasteiger partial charge in [0.1, 0.15) is 0 Å². The van der Waals surface area contributed by atoms with Crippen molar-refractivity contribution in [1.29, 1.82) is 0 Å². The van der Waals surface area contributed by atoms with E-state index in [1.165, 1.54) is 19.6 Å². The summed E-state index contributed by atoms with van der Waals surface area (Å²) in [4.78, 5) is 0. The van der Waals surface area contributed by atoms with Gasteiger partial charge in [-0.1, -0.05) is 0 Å². The van der Waals surface area contributed by atoms with Crippen LogP contribution in [0.5, 0.6) is 0 Å². The molecule has 0 amide bonds. The van der Waals surface area contributed by atoms with Gasteiger partial charge in [-0.05, 0) is 34.9 Å². The molecule has 0 aliphatic heterocycles. The van der Waals surface area contributed by atoms with Crippen molar-refractivity contribution in [3.8, 4) is 0 Å². The molecule has 0 spiro atoms. The van der Waals surface area contributed by atoms with Crippen molar-refractivity contribution in [3.63, 3.8) is 0 Å². The zero-order valence-corrected chi connectivity index (χ0v) is 9.15. The molecule has 0 unspecified atom stereocenters. The van der Waals surface area contributed by atoms with Gasteiger partial charge < -0.3 is 0 Å². The van der Waals surface area contributed by atoms with Gasteiger partial charge in [-0.2, -0.15) is 0 Å². The van der Waals surface area contributed by atoms with E-state index >= 15 is 0 Å². The van der Waals surface area contributed by atoms with Gasteiger partial charge in [0, 0.05) is 0 Å². The van der Waals surface area contributed by atoms with Crippen LogP contribution >= 0.6 is 0 Å². The van der Waals surface area contributed by atoms with E-state index in [-0.39, 0.29) is 0 Å². The summed E-state index contributed by atoms with van der Waals surface area (Å²) in [5.41, 5.74) is 0. The molecule has 0 fully saturated rings. The van der Waals surface area contributed by atoms with Gasteiger partial charge in [-0.25, -0.2) is 0 Å². The number of nitrogens with zero attached hydrogens (tertiary/aromatic N) is 1. The van der Waals surface area contributed by atoms with Crippen molar-refractivity contribution in [1.82, 2.24) is 10.6 Å². The first-order valence-corrected chi connectivity index (χ1v) is 4.91. The summed E-state index contributed by atoms with van der Waals surface area (Å²) in [6, 6.07) is 0. The first-order valence-electron chi connectivity index (χ1n) is 4.91. The largest absolute Gasteiger partial charge is 0.296 e. The van der Waals surface area contributed by atoms with Crippen LogP contribution in [0, 0.1) is 0 Å². The van der Waals surface area contributed by atoms with Crippen molar-refractivity contribution in [3.05, 3.63) is 0 Å². The average Bonchev–Trinajstić information content (AvgIpc) is 2.14. The third-order valence-corrected chi connectivity index (χ3v) is 2.98. The predicted octanol–water partition coefficient (Wildman–Crippen LogP) is 0.585. The molecule has 0 saturated heterocycles. The molecule has 74 valence electrons. The second-order valence-corrected chi connectivity index (χ2v) is 3.15. The van der Waals surface area contributed by atoms with Gasteiger partial charge >= 0.3 is 0 Å². The molecule has 0 rings (SSSR count). The molecule has 0 aromatic carbocycles. The molecule has 0 aromatic rings. The van der Waals surface area contributed by atoms with Crippen molar-refractivity contribution in [2.24, 2.45) is 0 Å². The highest BCUT2D eigenvalue weighted by atomic mass is 15.5. The first-order chi connectivity index (χ1) is 5.70. The summed E-state index contributed by atoms with van der Waals surface area (Å²) in [5, 5.41) is 6.61. The summed E-state index contributed by atoms with van der Waals surface area (Å²) in [6.07, 6.45) is 0.380. The Morgan fingerprint density at radius 3 is 1.33 bits per heavy atom. The number of nitrogens with one attached hydrogen (secondary N) is 2. The molecule has 0 aliphatic rings. The molecule has 0 aliphatic carbocycles. The van der Waals surface area contributed by atoms with Crippen LogP contribution in [-0.2, 0) is 0 Å². The summed E-state index contributed by atoms with van der Waals surface area (Å²) in [6.45, 7) is 10.2. The van der Waals surface area contributed by atoms with Gasteiger partial charge in [0.25, 0.3) is 0 Å². The number of hydrogen-bond acceptors (Lipinski definition) is 2. The average molecular weight is 174 g/mol. The Balaban J connectivity index is 4.42. The molecule has 3 nitrogen and oxygen atoms in total. The molecule has 2 N–H and O–H groups in total. The molecule has 12 heavy (non-hydrogen) atoms. The molecule has 3 heteroatoms. The van der Waals surface area contributed by atoms with E-state index < -0.39 is 0 Å². The Morgan fingerprint density at radius 2 is 1.25 bits per heavy atom. The summed E-state index contributed by atoms with van der Waals surface area (Å²) >= 11 is 0. The zero-order valence-electron chi connectivity index (χ0n) is 9.15. The van der Waals surface area contributed by atoms with E-state index in [0.29, 0.717) is 6.29 Å². The second-order valence-electron chi connectivity index (χ2n) is 3.15. The Bertz CT molecular complexity index is 98.1. The Kier molecular flexibility index (Phi) is 5.46. The number of quaternary nitrogens is 1. The maximum atomic E-state index is 3.31. The topological polar surface area (TPSA) is 24.1 Å².